The number of piperazine rings is 1. The van der Waals surface area contributed by atoms with Crippen molar-refractivity contribution in [2.45, 2.75) is 17.7 Å². The van der Waals surface area contributed by atoms with Gasteiger partial charge in [-0.2, -0.15) is 4.31 Å². The van der Waals surface area contributed by atoms with E-state index in [1.54, 1.807) is 30.6 Å². The SMILES string of the molecule is O=C(c1ccc(S(=O)(=O)N2CCN(c3ncccn3)CC2)cc1)C1CC1. The molecule has 2 fully saturated rings. The van der Waals surface area contributed by atoms with Crippen LogP contribution in [0.15, 0.2) is 47.6 Å². The third-order valence-electron chi connectivity index (χ3n) is 4.80. The number of hydrogen-bond donors (Lipinski definition) is 0. The molecule has 0 unspecified atom stereocenters. The number of sulfonamides is 1. The van der Waals surface area contributed by atoms with Crippen molar-refractivity contribution < 1.29 is 13.2 Å². The van der Waals surface area contributed by atoms with E-state index in [0.29, 0.717) is 37.7 Å². The molecule has 0 amide bonds. The molecule has 0 N–H and O–H groups in total. The highest BCUT2D eigenvalue weighted by molar-refractivity contribution is 7.89. The molecule has 1 aliphatic heterocycles. The molecule has 1 aliphatic carbocycles. The lowest BCUT2D eigenvalue weighted by molar-refractivity contribution is 0.0967. The van der Waals surface area contributed by atoms with Gasteiger partial charge in [0.1, 0.15) is 0 Å². The summed E-state index contributed by atoms with van der Waals surface area (Å²) in [7, 11) is -3.56. The van der Waals surface area contributed by atoms with Crippen LogP contribution in [0.25, 0.3) is 0 Å². The molecule has 2 heterocycles. The van der Waals surface area contributed by atoms with Gasteiger partial charge in [0.05, 0.1) is 4.90 Å². The Balaban J connectivity index is 1.44. The number of anilines is 1. The number of Topliss-reactive ketones (excluding diaryl/α,β-unsaturated/α-hetero) is 1. The van der Waals surface area contributed by atoms with Gasteiger partial charge in [0.2, 0.25) is 16.0 Å². The molecule has 2 aromatic rings. The second-order valence-corrected chi connectivity index (χ2v) is 8.54. The molecule has 0 radical (unpaired) electrons. The van der Waals surface area contributed by atoms with Gasteiger partial charge in [0.25, 0.3) is 0 Å². The second-order valence-electron chi connectivity index (χ2n) is 6.60. The molecule has 26 heavy (non-hydrogen) atoms. The van der Waals surface area contributed by atoms with Crippen molar-refractivity contribution in [3.63, 3.8) is 0 Å². The number of carbonyl (C=O) groups excluding carboxylic acids is 1. The van der Waals surface area contributed by atoms with Gasteiger partial charge in [-0.25, -0.2) is 18.4 Å². The molecule has 1 aromatic carbocycles. The quantitative estimate of drug-likeness (QED) is 0.741. The average molecular weight is 372 g/mol. The van der Waals surface area contributed by atoms with Crippen molar-refractivity contribution in [1.82, 2.24) is 14.3 Å². The molecule has 136 valence electrons. The first-order valence-corrected chi connectivity index (χ1v) is 10.2. The normalized spacial score (nSPS) is 18.7. The van der Waals surface area contributed by atoms with Crippen molar-refractivity contribution in [3.05, 3.63) is 48.3 Å². The Morgan fingerprint density at radius 2 is 1.58 bits per heavy atom. The van der Waals surface area contributed by atoms with E-state index < -0.39 is 10.0 Å². The highest BCUT2D eigenvalue weighted by Crippen LogP contribution is 2.32. The summed E-state index contributed by atoms with van der Waals surface area (Å²) < 4.78 is 27.2. The maximum Gasteiger partial charge on any atom is 0.243 e. The first-order valence-electron chi connectivity index (χ1n) is 8.72. The third-order valence-corrected chi connectivity index (χ3v) is 6.71. The molecule has 0 atom stereocenters. The second kappa shape index (κ2) is 6.77. The van der Waals surface area contributed by atoms with Gasteiger partial charge < -0.3 is 4.90 Å². The van der Waals surface area contributed by atoms with Gasteiger partial charge in [-0.15, -0.1) is 0 Å². The van der Waals surface area contributed by atoms with Gasteiger partial charge in [-0.05, 0) is 31.0 Å². The standard InChI is InChI=1S/C18H20N4O3S/c23-17(14-2-3-14)15-4-6-16(7-5-15)26(24,25)22-12-10-21(11-13-22)18-19-8-1-9-20-18/h1,4-9,14H,2-3,10-13H2. The molecule has 7 nitrogen and oxygen atoms in total. The lowest BCUT2D eigenvalue weighted by Gasteiger charge is -2.33. The zero-order chi connectivity index (χ0) is 18.1. The van der Waals surface area contributed by atoms with Crippen molar-refractivity contribution in [2.75, 3.05) is 31.1 Å². The maximum atomic E-state index is 12.8. The van der Waals surface area contributed by atoms with Crippen LogP contribution in [0.3, 0.4) is 0 Å². The molecule has 4 rings (SSSR count). The van der Waals surface area contributed by atoms with Crippen LogP contribution in [0.1, 0.15) is 23.2 Å². The van der Waals surface area contributed by atoms with Gasteiger partial charge in [-0.1, -0.05) is 12.1 Å². The Kier molecular flexibility index (Phi) is 4.46. The Morgan fingerprint density at radius 1 is 0.962 bits per heavy atom. The lowest BCUT2D eigenvalue weighted by atomic mass is 10.1. The summed E-state index contributed by atoms with van der Waals surface area (Å²) >= 11 is 0. The molecule has 8 heteroatoms. The summed E-state index contributed by atoms with van der Waals surface area (Å²) in [5.74, 6) is 0.864. The Bertz CT molecular complexity index is 888. The number of rotatable bonds is 5. The predicted molar refractivity (Wildman–Crippen MR) is 96.5 cm³/mol. The van der Waals surface area contributed by atoms with Crippen LogP contribution in [-0.4, -0.2) is 54.7 Å². The molecule has 1 saturated carbocycles. The summed E-state index contributed by atoms with van der Waals surface area (Å²) in [5.41, 5.74) is 0.595. The number of nitrogens with zero attached hydrogens (tertiary/aromatic N) is 4. The fourth-order valence-electron chi connectivity index (χ4n) is 3.10. The third kappa shape index (κ3) is 3.34. The van der Waals surface area contributed by atoms with Crippen molar-refractivity contribution in [1.29, 1.82) is 0 Å². The van der Waals surface area contributed by atoms with E-state index in [1.807, 2.05) is 4.90 Å². The fraction of sp³-hybridized carbons (Fsp3) is 0.389. The van der Waals surface area contributed by atoms with Gasteiger partial charge in [0.15, 0.2) is 5.78 Å². The summed E-state index contributed by atoms with van der Waals surface area (Å²) in [6, 6.07) is 8.08. The largest absolute Gasteiger partial charge is 0.338 e. The highest BCUT2D eigenvalue weighted by Gasteiger charge is 2.32. The molecular formula is C18H20N4O3S. The van der Waals surface area contributed by atoms with E-state index in [1.165, 1.54) is 16.4 Å². The van der Waals surface area contributed by atoms with Gasteiger partial charge in [-0.3, -0.25) is 4.79 Å². The summed E-state index contributed by atoms with van der Waals surface area (Å²) in [6.45, 7) is 1.84. The number of aromatic nitrogens is 2. The molecule has 1 aromatic heterocycles. The first kappa shape index (κ1) is 17.1. The minimum absolute atomic E-state index is 0.116. The van der Waals surface area contributed by atoms with Crippen LogP contribution in [-0.2, 0) is 10.0 Å². The van der Waals surface area contributed by atoms with E-state index in [9.17, 15) is 13.2 Å². The van der Waals surface area contributed by atoms with E-state index in [0.717, 1.165) is 12.8 Å². The van der Waals surface area contributed by atoms with Crippen molar-refractivity contribution in [3.8, 4) is 0 Å². The Labute approximate surface area is 152 Å². The number of benzene rings is 1. The summed E-state index contributed by atoms with van der Waals surface area (Å²) in [6.07, 6.45) is 5.23. The molecule has 2 aliphatic rings. The Hall–Kier alpha value is -2.32. The van der Waals surface area contributed by atoms with Gasteiger partial charge in [0, 0.05) is 50.1 Å². The minimum atomic E-state index is -3.56. The van der Waals surface area contributed by atoms with Crippen LogP contribution in [0.5, 0.6) is 0 Å². The van der Waals surface area contributed by atoms with Crippen molar-refractivity contribution >= 4 is 21.8 Å². The summed E-state index contributed by atoms with van der Waals surface area (Å²) in [4.78, 5) is 22.7. The van der Waals surface area contributed by atoms with E-state index in [-0.39, 0.29) is 16.6 Å². The summed E-state index contributed by atoms with van der Waals surface area (Å²) in [5, 5.41) is 0. The van der Waals surface area contributed by atoms with Crippen molar-refractivity contribution in [2.24, 2.45) is 5.92 Å². The zero-order valence-electron chi connectivity index (χ0n) is 14.3. The van der Waals surface area contributed by atoms with Crippen LogP contribution in [0, 0.1) is 5.92 Å². The predicted octanol–water partition coefficient (Wildman–Crippen LogP) is 1.58. The van der Waals surface area contributed by atoms with Crippen LogP contribution < -0.4 is 4.90 Å². The zero-order valence-corrected chi connectivity index (χ0v) is 15.1. The topological polar surface area (TPSA) is 83.5 Å². The molecular weight excluding hydrogens is 352 g/mol. The first-order chi connectivity index (χ1) is 12.6. The van der Waals surface area contributed by atoms with E-state index >= 15 is 0 Å². The molecule has 0 spiro atoms. The van der Waals surface area contributed by atoms with Gasteiger partial charge >= 0.3 is 0 Å². The smallest absolute Gasteiger partial charge is 0.243 e. The van der Waals surface area contributed by atoms with Crippen LogP contribution >= 0.6 is 0 Å². The van der Waals surface area contributed by atoms with E-state index in [4.69, 9.17) is 0 Å². The molecule has 0 bridgehead atoms. The minimum Gasteiger partial charge on any atom is -0.338 e. The number of carbonyl (C=O) groups is 1. The maximum absolute atomic E-state index is 12.8. The highest BCUT2D eigenvalue weighted by atomic mass is 32.2. The lowest BCUT2D eigenvalue weighted by Crippen LogP contribution is -2.49. The Morgan fingerprint density at radius 3 is 2.15 bits per heavy atom. The molecule has 1 saturated heterocycles. The average Bonchev–Trinajstić information content (AvgIpc) is 3.54. The van der Waals surface area contributed by atoms with Crippen LogP contribution in [0.2, 0.25) is 0 Å². The van der Waals surface area contributed by atoms with E-state index in [2.05, 4.69) is 9.97 Å². The monoisotopic (exact) mass is 372 g/mol. The fourth-order valence-corrected chi connectivity index (χ4v) is 4.53. The van der Waals surface area contributed by atoms with Crippen LogP contribution in [0.4, 0.5) is 5.95 Å². The number of ketones is 1. The number of hydrogen-bond acceptors (Lipinski definition) is 6.